The van der Waals surface area contributed by atoms with E-state index in [9.17, 15) is 4.39 Å². The molecule has 0 spiro atoms. The molecule has 3 nitrogen and oxygen atoms in total. The van der Waals surface area contributed by atoms with Crippen LogP contribution in [0.2, 0.25) is 0 Å². The first-order valence-electron chi connectivity index (χ1n) is 7.02. The Morgan fingerprint density at radius 1 is 1.53 bits per heavy atom. The van der Waals surface area contributed by atoms with E-state index >= 15 is 0 Å². The lowest BCUT2D eigenvalue weighted by atomic mass is 9.94. The molecule has 3 N–H and O–H groups in total. The number of piperidine rings is 1. The minimum Gasteiger partial charge on any atom is -0.396 e. The Balaban J connectivity index is 2.12. The fourth-order valence-corrected chi connectivity index (χ4v) is 2.76. The molecule has 1 aliphatic heterocycles. The Morgan fingerprint density at radius 2 is 2.32 bits per heavy atom. The predicted octanol–water partition coefficient (Wildman–Crippen LogP) is 2.44. The average Bonchev–Trinajstić information content (AvgIpc) is 2.39. The van der Waals surface area contributed by atoms with Gasteiger partial charge in [-0.1, -0.05) is 6.07 Å². The van der Waals surface area contributed by atoms with Crippen LogP contribution in [0.1, 0.15) is 37.8 Å². The van der Waals surface area contributed by atoms with Crippen LogP contribution >= 0.6 is 0 Å². The summed E-state index contributed by atoms with van der Waals surface area (Å²) in [5.41, 5.74) is 7.25. The van der Waals surface area contributed by atoms with Gasteiger partial charge in [0.05, 0.1) is 5.69 Å². The van der Waals surface area contributed by atoms with Crippen LogP contribution in [0, 0.1) is 11.7 Å². The second-order valence-corrected chi connectivity index (χ2v) is 5.47. The van der Waals surface area contributed by atoms with Crippen molar-refractivity contribution in [3.8, 4) is 0 Å². The summed E-state index contributed by atoms with van der Waals surface area (Å²) in [7, 11) is 0. The van der Waals surface area contributed by atoms with E-state index in [0.717, 1.165) is 37.9 Å². The van der Waals surface area contributed by atoms with Crippen LogP contribution in [-0.4, -0.2) is 24.8 Å². The molecule has 0 bridgehead atoms. The van der Waals surface area contributed by atoms with Crippen LogP contribution in [0.5, 0.6) is 0 Å². The first-order chi connectivity index (χ1) is 9.11. The highest BCUT2D eigenvalue weighted by Gasteiger charge is 2.21. The van der Waals surface area contributed by atoms with Gasteiger partial charge >= 0.3 is 0 Å². The molecule has 1 saturated heterocycles. The fraction of sp³-hybridized carbons (Fsp3) is 0.600. The smallest absolute Gasteiger partial charge is 0.146 e. The summed E-state index contributed by atoms with van der Waals surface area (Å²) in [6.45, 7) is 3.78. The molecular weight excluding hydrogens is 243 g/mol. The van der Waals surface area contributed by atoms with Gasteiger partial charge in [-0.05, 0) is 49.8 Å². The third-order valence-electron chi connectivity index (χ3n) is 3.89. The van der Waals surface area contributed by atoms with Gasteiger partial charge < -0.3 is 15.7 Å². The Morgan fingerprint density at radius 3 is 2.95 bits per heavy atom. The summed E-state index contributed by atoms with van der Waals surface area (Å²) < 4.78 is 14.2. The standard InChI is InChI=1S/C15H23FN2O/c1-11(17)13-4-5-15(14(16)9-13)18-7-2-3-12(10-18)6-8-19/h4-5,9,11-12,19H,2-3,6-8,10,17H2,1H3/t11-,12?/m1/s1. The summed E-state index contributed by atoms with van der Waals surface area (Å²) in [5.74, 6) is 0.269. The quantitative estimate of drug-likeness (QED) is 0.880. The van der Waals surface area contributed by atoms with Crippen molar-refractivity contribution < 1.29 is 9.50 Å². The Bertz CT molecular complexity index is 421. The number of halogens is 1. The van der Waals surface area contributed by atoms with Crippen molar-refractivity contribution in [2.75, 3.05) is 24.6 Å². The molecule has 0 saturated carbocycles. The van der Waals surface area contributed by atoms with Crippen molar-refractivity contribution in [3.05, 3.63) is 29.6 Å². The van der Waals surface area contributed by atoms with Crippen molar-refractivity contribution in [1.29, 1.82) is 0 Å². The van der Waals surface area contributed by atoms with Crippen molar-refractivity contribution in [2.45, 2.75) is 32.2 Å². The van der Waals surface area contributed by atoms with Gasteiger partial charge in [-0.2, -0.15) is 0 Å². The minimum absolute atomic E-state index is 0.146. The molecule has 1 aromatic carbocycles. The van der Waals surface area contributed by atoms with Crippen molar-refractivity contribution >= 4 is 5.69 Å². The summed E-state index contributed by atoms with van der Waals surface area (Å²) >= 11 is 0. The lowest BCUT2D eigenvalue weighted by Crippen LogP contribution is -2.36. The Kier molecular flexibility index (Phi) is 4.77. The molecule has 0 amide bonds. The molecule has 2 rings (SSSR count). The van der Waals surface area contributed by atoms with Crippen molar-refractivity contribution in [3.63, 3.8) is 0 Å². The number of aliphatic hydroxyl groups excluding tert-OH is 1. The summed E-state index contributed by atoms with van der Waals surface area (Å²) in [6.07, 6.45) is 2.98. The number of nitrogens with two attached hydrogens (primary N) is 1. The lowest BCUT2D eigenvalue weighted by molar-refractivity contribution is 0.244. The number of rotatable bonds is 4. The van der Waals surface area contributed by atoms with Crippen molar-refractivity contribution in [1.82, 2.24) is 0 Å². The van der Waals surface area contributed by atoms with Gasteiger partial charge in [-0.15, -0.1) is 0 Å². The zero-order chi connectivity index (χ0) is 13.8. The van der Waals surface area contributed by atoms with Crippen molar-refractivity contribution in [2.24, 2.45) is 11.7 Å². The van der Waals surface area contributed by atoms with Gasteiger partial charge in [0, 0.05) is 25.7 Å². The highest BCUT2D eigenvalue weighted by molar-refractivity contribution is 5.50. The maximum absolute atomic E-state index is 14.2. The van der Waals surface area contributed by atoms with E-state index in [1.165, 1.54) is 6.07 Å². The number of hydrogen-bond donors (Lipinski definition) is 2. The molecule has 2 atom stereocenters. The molecule has 0 radical (unpaired) electrons. The van der Waals surface area contributed by atoms with E-state index in [-0.39, 0.29) is 18.5 Å². The van der Waals surface area contributed by atoms with Crippen LogP contribution in [0.25, 0.3) is 0 Å². The lowest BCUT2D eigenvalue weighted by Gasteiger charge is -2.34. The van der Waals surface area contributed by atoms with E-state index in [1.54, 1.807) is 0 Å². The zero-order valence-corrected chi connectivity index (χ0v) is 11.5. The molecule has 19 heavy (non-hydrogen) atoms. The van der Waals surface area contributed by atoms with Crippen LogP contribution in [0.4, 0.5) is 10.1 Å². The molecule has 1 heterocycles. The van der Waals surface area contributed by atoms with Gasteiger partial charge in [-0.3, -0.25) is 0 Å². The maximum Gasteiger partial charge on any atom is 0.146 e. The SMILES string of the molecule is C[C@@H](N)c1ccc(N2CCCC(CCO)C2)c(F)c1. The van der Waals surface area contributed by atoms with Gasteiger partial charge in [0.1, 0.15) is 5.82 Å². The molecule has 1 unspecified atom stereocenters. The van der Waals surface area contributed by atoms with Gasteiger partial charge in [0.2, 0.25) is 0 Å². The Labute approximate surface area is 114 Å². The third-order valence-corrected chi connectivity index (χ3v) is 3.89. The third kappa shape index (κ3) is 3.45. The van der Waals surface area contributed by atoms with Gasteiger partial charge in [0.25, 0.3) is 0 Å². The molecule has 106 valence electrons. The average molecular weight is 266 g/mol. The van der Waals surface area contributed by atoms with E-state index in [1.807, 2.05) is 19.1 Å². The van der Waals surface area contributed by atoms with Crippen LogP contribution in [0.15, 0.2) is 18.2 Å². The summed E-state index contributed by atoms with van der Waals surface area (Å²) in [5, 5.41) is 9.02. The van der Waals surface area contributed by atoms with Crippen LogP contribution in [0.3, 0.4) is 0 Å². The number of benzene rings is 1. The molecular formula is C15H23FN2O. The fourth-order valence-electron chi connectivity index (χ4n) is 2.76. The first kappa shape index (κ1) is 14.3. The second kappa shape index (κ2) is 6.35. The van der Waals surface area contributed by atoms with Gasteiger partial charge in [0.15, 0.2) is 0 Å². The highest BCUT2D eigenvalue weighted by atomic mass is 19.1. The zero-order valence-electron chi connectivity index (χ0n) is 11.5. The van der Waals surface area contributed by atoms with E-state index in [0.29, 0.717) is 11.6 Å². The maximum atomic E-state index is 14.2. The van der Waals surface area contributed by atoms with E-state index in [2.05, 4.69) is 4.90 Å². The molecule has 0 aromatic heterocycles. The molecule has 0 aliphatic carbocycles. The Hall–Kier alpha value is -1.13. The van der Waals surface area contributed by atoms with Crippen LogP contribution < -0.4 is 10.6 Å². The molecule has 4 heteroatoms. The first-order valence-corrected chi connectivity index (χ1v) is 7.02. The number of nitrogens with zero attached hydrogens (tertiary/aromatic N) is 1. The minimum atomic E-state index is -0.195. The topological polar surface area (TPSA) is 49.5 Å². The second-order valence-electron chi connectivity index (χ2n) is 5.47. The van der Waals surface area contributed by atoms with E-state index in [4.69, 9.17) is 10.8 Å². The van der Waals surface area contributed by atoms with E-state index < -0.39 is 0 Å². The number of aliphatic hydroxyl groups is 1. The number of anilines is 1. The number of hydrogen-bond acceptors (Lipinski definition) is 3. The normalized spacial score (nSPS) is 21.5. The molecule has 1 aliphatic rings. The largest absolute Gasteiger partial charge is 0.396 e. The molecule has 1 fully saturated rings. The predicted molar refractivity (Wildman–Crippen MR) is 75.6 cm³/mol. The van der Waals surface area contributed by atoms with Gasteiger partial charge in [-0.25, -0.2) is 4.39 Å². The molecule has 1 aromatic rings. The summed E-state index contributed by atoms with van der Waals surface area (Å²) in [6, 6.07) is 5.12. The monoisotopic (exact) mass is 266 g/mol. The van der Waals surface area contributed by atoms with Crippen LogP contribution in [-0.2, 0) is 0 Å². The summed E-state index contributed by atoms with van der Waals surface area (Å²) in [4.78, 5) is 2.09. The highest BCUT2D eigenvalue weighted by Crippen LogP contribution is 2.28.